The van der Waals surface area contributed by atoms with E-state index in [9.17, 15) is 9.90 Å². The first-order chi connectivity index (χ1) is 12.4. The predicted octanol–water partition coefficient (Wildman–Crippen LogP) is 4.28. The maximum atomic E-state index is 12.2. The summed E-state index contributed by atoms with van der Waals surface area (Å²) >= 11 is 1.31. The highest BCUT2D eigenvalue weighted by Crippen LogP contribution is 2.35. The van der Waals surface area contributed by atoms with Crippen LogP contribution in [0.3, 0.4) is 0 Å². The normalized spacial score (nSPS) is 12.2. The lowest BCUT2D eigenvalue weighted by molar-refractivity contribution is 0.0531. The van der Waals surface area contributed by atoms with Gasteiger partial charge in [0.1, 0.15) is 21.3 Å². The zero-order valence-corrected chi connectivity index (χ0v) is 16.0. The van der Waals surface area contributed by atoms with Gasteiger partial charge in [0.25, 0.3) is 0 Å². The third kappa shape index (κ3) is 3.54. The minimum Gasteiger partial charge on any atom is -0.462 e. The first kappa shape index (κ1) is 18.3. The summed E-state index contributed by atoms with van der Waals surface area (Å²) in [5.41, 5.74) is 2.43. The van der Waals surface area contributed by atoms with E-state index >= 15 is 0 Å². The quantitative estimate of drug-likeness (QED) is 0.651. The number of rotatable bonds is 5. The van der Waals surface area contributed by atoms with Gasteiger partial charge >= 0.3 is 5.97 Å². The van der Waals surface area contributed by atoms with Crippen LogP contribution in [0.2, 0.25) is 0 Å². The summed E-state index contributed by atoms with van der Waals surface area (Å²) in [6.45, 7) is 7.53. The molecular weight excluding hydrogens is 350 g/mol. The van der Waals surface area contributed by atoms with Crippen LogP contribution in [0.25, 0.3) is 10.2 Å². The topological polar surface area (TPSA) is 84.3 Å². The van der Waals surface area contributed by atoms with Crippen molar-refractivity contribution < 1.29 is 14.6 Å². The average Bonchev–Trinajstić information content (AvgIpc) is 2.92. The Morgan fingerprint density at radius 1 is 1.35 bits per heavy atom. The minimum atomic E-state index is -0.554. The van der Waals surface area contributed by atoms with Crippen LogP contribution in [0, 0.1) is 13.8 Å². The fourth-order valence-electron chi connectivity index (χ4n) is 2.74. The lowest BCUT2D eigenvalue weighted by Crippen LogP contribution is -2.04. The molecule has 1 aromatic carbocycles. The number of hydrogen-bond donors (Lipinski definition) is 2. The number of carbonyl (C=O) groups is 1. The van der Waals surface area contributed by atoms with Crippen molar-refractivity contribution in [3.8, 4) is 0 Å². The van der Waals surface area contributed by atoms with Gasteiger partial charge < -0.3 is 15.2 Å². The highest BCUT2D eigenvalue weighted by molar-refractivity contribution is 7.20. The maximum Gasteiger partial charge on any atom is 0.348 e. The Hall–Kier alpha value is -2.51. The molecule has 0 aliphatic carbocycles. The Kier molecular flexibility index (Phi) is 5.20. The number of anilines is 2. The van der Waals surface area contributed by atoms with Crippen LogP contribution in [0.5, 0.6) is 0 Å². The van der Waals surface area contributed by atoms with Gasteiger partial charge in [-0.1, -0.05) is 12.1 Å². The molecule has 0 radical (unpaired) electrons. The summed E-state index contributed by atoms with van der Waals surface area (Å²) in [5.74, 6) is 0.913. The molecule has 0 aliphatic rings. The molecule has 2 aromatic heterocycles. The van der Waals surface area contributed by atoms with Crippen molar-refractivity contribution in [2.24, 2.45) is 0 Å². The van der Waals surface area contributed by atoms with Gasteiger partial charge in [0, 0.05) is 5.69 Å². The first-order valence-electron chi connectivity index (χ1n) is 8.40. The Bertz CT molecular complexity index is 966. The number of benzene rings is 1. The van der Waals surface area contributed by atoms with Gasteiger partial charge in [-0.05, 0) is 51.0 Å². The number of fused-ring (bicyclic) bond motifs is 1. The van der Waals surface area contributed by atoms with Crippen LogP contribution in [0.4, 0.5) is 11.5 Å². The molecule has 1 unspecified atom stereocenters. The molecule has 1 atom stereocenters. The summed E-state index contributed by atoms with van der Waals surface area (Å²) in [6, 6.07) is 7.52. The second-order valence-corrected chi connectivity index (χ2v) is 7.00. The smallest absolute Gasteiger partial charge is 0.348 e. The number of esters is 1. The second kappa shape index (κ2) is 7.39. The Morgan fingerprint density at radius 3 is 2.81 bits per heavy atom. The molecule has 0 fully saturated rings. The van der Waals surface area contributed by atoms with E-state index in [-0.39, 0.29) is 5.97 Å². The number of carbonyl (C=O) groups excluding carboxylic acids is 1. The lowest BCUT2D eigenvalue weighted by Gasteiger charge is -2.11. The van der Waals surface area contributed by atoms with E-state index in [4.69, 9.17) is 4.74 Å². The number of aliphatic hydroxyl groups excluding tert-OH is 1. The van der Waals surface area contributed by atoms with E-state index in [1.54, 1.807) is 13.8 Å². The second-order valence-electron chi connectivity index (χ2n) is 6.00. The van der Waals surface area contributed by atoms with Crippen molar-refractivity contribution in [3.05, 3.63) is 46.1 Å². The van der Waals surface area contributed by atoms with Gasteiger partial charge in [-0.3, -0.25) is 0 Å². The number of aryl methyl sites for hydroxylation is 2. The molecule has 2 N–H and O–H groups in total. The molecule has 0 amide bonds. The van der Waals surface area contributed by atoms with Crippen LogP contribution in [0.1, 0.15) is 46.6 Å². The highest BCUT2D eigenvalue weighted by Gasteiger charge is 2.21. The van der Waals surface area contributed by atoms with Gasteiger partial charge in [-0.2, -0.15) is 0 Å². The molecule has 6 nitrogen and oxygen atoms in total. The van der Waals surface area contributed by atoms with E-state index < -0.39 is 6.10 Å². The number of nitrogens with one attached hydrogen (secondary N) is 1. The van der Waals surface area contributed by atoms with Crippen molar-refractivity contribution in [1.29, 1.82) is 0 Å². The number of nitrogens with zero attached hydrogens (tertiary/aromatic N) is 2. The summed E-state index contributed by atoms with van der Waals surface area (Å²) in [5, 5.41) is 13.9. The van der Waals surface area contributed by atoms with Crippen molar-refractivity contribution in [2.45, 2.75) is 33.8 Å². The maximum absolute atomic E-state index is 12.2. The van der Waals surface area contributed by atoms with Gasteiger partial charge in [0.05, 0.1) is 18.1 Å². The first-order valence-corrected chi connectivity index (χ1v) is 9.22. The molecule has 0 spiro atoms. The van der Waals surface area contributed by atoms with Crippen LogP contribution < -0.4 is 5.32 Å². The van der Waals surface area contributed by atoms with E-state index in [0.29, 0.717) is 23.1 Å². The highest BCUT2D eigenvalue weighted by atomic mass is 32.1. The van der Waals surface area contributed by atoms with Gasteiger partial charge in [0.15, 0.2) is 0 Å². The van der Waals surface area contributed by atoms with E-state index in [0.717, 1.165) is 27.0 Å². The number of ether oxygens (including phenoxy) is 1. The Labute approximate surface area is 155 Å². The average molecular weight is 371 g/mol. The summed E-state index contributed by atoms with van der Waals surface area (Å²) in [6.07, 6.45) is -0.554. The fraction of sp³-hybridized carbons (Fsp3) is 0.316. The van der Waals surface area contributed by atoms with Gasteiger partial charge in [-0.15, -0.1) is 11.3 Å². The number of hydrogen-bond acceptors (Lipinski definition) is 7. The molecular formula is C19H21N3O3S. The monoisotopic (exact) mass is 371 g/mol. The molecule has 3 rings (SSSR count). The molecule has 0 saturated carbocycles. The van der Waals surface area contributed by atoms with Crippen LogP contribution in [0.15, 0.2) is 24.3 Å². The molecule has 136 valence electrons. The van der Waals surface area contributed by atoms with E-state index in [1.165, 1.54) is 11.3 Å². The molecule has 3 aromatic rings. The molecule has 0 aliphatic heterocycles. The fourth-order valence-corrected chi connectivity index (χ4v) is 3.86. The Balaban J connectivity index is 2.08. The van der Waals surface area contributed by atoms with Crippen molar-refractivity contribution >= 4 is 39.0 Å². The summed E-state index contributed by atoms with van der Waals surface area (Å²) in [4.78, 5) is 22.5. The van der Waals surface area contributed by atoms with Crippen LogP contribution >= 0.6 is 11.3 Å². The third-order valence-corrected chi connectivity index (χ3v) is 5.16. The predicted molar refractivity (Wildman–Crippen MR) is 103 cm³/mol. The molecule has 0 saturated heterocycles. The number of thiophene rings is 1. The van der Waals surface area contributed by atoms with E-state index in [2.05, 4.69) is 15.3 Å². The zero-order valence-electron chi connectivity index (χ0n) is 15.2. The SMILES string of the molecule is CCOC(=O)c1sc2nc(C)nc(Nc3cccc(C(C)O)c3)c2c1C. The van der Waals surface area contributed by atoms with Crippen molar-refractivity contribution in [2.75, 3.05) is 11.9 Å². The minimum absolute atomic E-state index is 0.328. The van der Waals surface area contributed by atoms with Crippen molar-refractivity contribution in [1.82, 2.24) is 9.97 Å². The largest absolute Gasteiger partial charge is 0.462 e. The van der Waals surface area contributed by atoms with Gasteiger partial charge in [0.2, 0.25) is 0 Å². The standard InChI is InChI=1S/C19H21N3O3S/c1-5-25-19(24)16-10(2)15-17(20-12(4)21-18(15)26-16)22-14-8-6-7-13(9-14)11(3)23/h6-9,11,23H,5H2,1-4H3,(H,20,21,22). The Morgan fingerprint density at radius 2 is 2.12 bits per heavy atom. The lowest BCUT2D eigenvalue weighted by atomic mass is 10.1. The third-order valence-electron chi connectivity index (χ3n) is 3.99. The number of aromatic nitrogens is 2. The number of aliphatic hydroxyl groups is 1. The zero-order chi connectivity index (χ0) is 18.8. The van der Waals surface area contributed by atoms with Crippen LogP contribution in [-0.2, 0) is 4.74 Å². The van der Waals surface area contributed by atoms with Crippen molar-refractivity contribution in [3.63, 3.8) is 0 Å². The molecule has 7 heteroatoms. The van der Waals surface area contributed by atoms with Gasteiger partial charge in [-0.25, -0.2) is 14.8 Å². The van der Waals surface area contributed by atoms with Crippen LogP contribution in [-0.4, -0.2) is 27.7 Å². The molecule has 2 heterocycles. The molecule has 0 bridgehead atoms. The van der Waals surface area contributed by atoms with E-state index in [1.807, 2.05) is 38.1 Å². The molecule has 26 heavy (non-hydrogen) atoms. The summed E-state index contributed by atoms with van der Waals surface area (Å²) in [7, 11) is 0. The summed E-state index contributed by atoms with van der Waals surface area (Å²) < 4.78 is 5.14.